The molecular weight excluding hydrogens is 564 g/mol. The van der Waals surface area contributed by atoms with E-state index in [1.807, 2.05) is 44.2 Å². The number of carbonyl (C=O) groups is 5. The van der Waals surface area contributed by atoms with Crippen LogP contribution in [0.3, 0.4) is 0 Å². The van der Waals surface area contributed by atoms with Crippen molar-refractivity contribution < 1.29 is 29.1 Å². The molecule has 8 N–H and O–H groups in total. The first kappa shape index (κ1) is 38.4. The van der Waals surface area contributed by atoms with Gasteiger partial charge in [0.2, 0.25) is 11.8 Å². The van der Waals surface area contributed by atoms with Crippen LogP contribution in [0, 0.1) is 17.8 Å². The Kier molecular flexibility index (Phi) is 17.7. The molecule has 0 bridgehead atoms. The third-order valence-corrected chi connectivity index (χ3v) is 7.24. The minimum absolute atomic E-state index is 0.0255. The molecule has 246 valence electrons. The second-order valence-corrected chi connectivity index (χ2v) is 11.8. The highest BCUT2D eigenvalue weighted by molar-refractivity contribution is 5.95. The van der Waals surface area contributed by atoms with Gasteiger partial charge in [-0.3, -0.25) is 29.0 Å². The number of guanidine groups is 1. The van der Waals surface area contributed by atoms with Crippen LogP contribution in [0.25, 0.3) is 0 Å². The van der Waals surface area contributed by atoms with Gasteiger partial charge in [0, 0.05) is 37.8 Å². The van der Waals surface area contributed by atoms with Gasteiger partial charge in [0.05, 0.1) is 31.2 Å². The van der Waals surface area contributed by atoms with Crippen LogP contribution in [-0.2, 0) is 30.4 Å². The molecule has 44 heavy (non-hydrogen) atoms. The molecule has 0 saturated carbocycles. The zero-order valence-electron chi connectivity index (χ0n) is 26.8. The van der Waals surface area contributed by atoms with E-state index in [0.717, 1.165) is 5.56 Å². The van der Waals surface area contributed by atoms with Crippen molar-refractivity contribution >= 4 is 35.1 Å². The molecular formula is C32H52N6O6. The van der Waals surface area contributed by atoms with Crippen LogP contribution in [0.5, 0.6) is 0 Å². The first-order chi connectivity index (χ1) is 20.8. The molecule has 1 rings (SSSR count). The van der Waals surface area contributed by atoms with Gasteiger partial charge in [-0.1, -0.05) is 65.0 Å². The van der Waals surface area contributed by atoms with Crippen molar-refractivity contribution in [2.24, 2.45) is 34.2 Å². The number of hydrogen-bond donors (Lipinski definition) is 6. The summed E-state index contributed by atoms with van der Waals surface area (Å²) in [6.07, 6.45) is 0.912. The number of aliphatic imine (C=N–C) groups is 1. The maximum atomic E-state index is 13.4. The Morgan fingerprint density at radius 3 is 2.07 bits per heavy atom. The van der Waals surface area contributed by atoms with E-state index in [0.29, 0.717) is 12.8 Å². The largest absolute Gasteiger partial charge is 0.396 e. The topological polar surface area (TPSA) is 206 Å². The molecule has 0 radical (unpaired) electrons. The van der Waals surface area contributed by atoms with E-state index in [4.69, 9.17) is 11.5 Å². The lowest BCUT2D eigenvalue weighted by atomic mass is 9.90. The molecule has 12 nitrogen and oxygen atoms in total. The number of rotatable bonds is 22. The molecule has 1 aromatic rings. The van der Waals surface area contributed by atoms with Crippen molar-refractivity contribution in [1.82, 2.24) is 16.0 Å². The fraction of sp³-hybridized carbons (Fsp3) is 0.625. The van der Waals surface area contributed by atoms with Crippen LogP contribution in [0.15, 0.2) is 35.3 Å². The number of ketones is 3. The number of nitrogens with two attached hydrogens (primary N) is 2. The number of carbonyl (C=O) groups excluding carboxylic acids is 5. The normalized spacial score (nSPS) is 13.9. The summed E-state index contributed by atoms with van der Waals surface area (Å²) in [7, 11) is 0. The fourth-order valence-corrected chi connectivity index (χ4v) is 4.67. The first-order valence-electron chi connectivity index (χ1n) is 15.4. The lowest BCUT2D eigenvalue weighted by Gasteiger charge is -2.26. The second-order valence-electron chi connectivity index (χ2n) is 11.8. The number of nitrogens with one attached hydrogen (secondary N) is 3. The molecule has 0 unspecified atom stereocenters. The number of nitrogens with zero attached hydrogens (tertiary/aromatic N) is 1. The predicted molar refractivity (Wildman–Crippen MR) is 171 cm³/mol. The number of aliphatic hydroxyl groups is 1. The molecule has 0 heterocycles. The Morgan fingerprint density at radius 1 is 0.886 bits per heavy atom. The molecule has 0 aliphatic carbocycles. The van der Waals surface area contributed by atoms with Crippen LogP contribution in [-0.4, -0.2) is 78.1 Å². The van der Waals surface area contributed by atoms with Gasteiger partial charge in [0.25, 0.3) is 0 Å². The van der Waals surface area contributed by atoms with Crippen LogP contribution in [0.2, 0.25) is 0 Å². The summed E-state index contributed by atoms with van der Waals surface area (Å²) in [5.74, 6) is -4.03. The number of aliphatic hydroxyl groups excluding tert-OH is 1. The van der Waals surface area contributed by atoms with Crippen molar-refractivity contribution in [3.05, 3.63) is 35.9 Å². The van der Waals surface area contributed by atoms with Gasteiger partial charge in [0.15, 0.2) is 17.5 Å². The average Bonchev–Trinajstić information content (AvgIpc) is 2.98. The van der Waals surface area contributed by atoms with Gasteiger partial charge < -0.3 is 32.5 Å². The van der Waals surface area contributed by atoms with Crippen molar-refractivity contribution in [2.45, 2.75) is 91.3 Å². The quantitative estimate of drug-likeness (QED) is 0.0624. The third-order valence-electron chi connectivity index (χ3n) is 7.24. The van der Waals surface area contributed by atoms with Crippen LogP contribution in [0.1, 0.15) is 72.3 Å². The van der Waals surface area contributed by atoms with Crippen LogP contribution >= 0.6 is 0 Å². The van der Waals surface area contributed by atoms with Gasteiger partial charge in [-0.2, -0.15) is 0 Å². The van der Waals surface area contributed by atoms with E-state index in [9.17, 15) is 29.1 Å². The molecule has 4 atom stereocenters. The Morgan fingerprint density at radius 2 is 1.52 bits per heavy atom. The molecule has 0 aromatic heterocycles. The summed E-state index contributed by atoms with van der Waals surface area (Å²) in [6.45, 7) is 8.85. The van der Waals surface area contributed by atoms with Crippen LogP contribution in [0.4, 0.5) is 0 Å². The van der Waals surface area contributed by atoms with E-state index in [-0.39, 0.29) is 68.3 Å². The molecule has 0 fully saturated rings. The molecule has 0 aliphatic heterocycles. The zero-order chi connectivity index (χ0) is 33.2. The molecule has 0 spiro atoms. The van der Waals surface area contributed by atoms with Gasteiger partial charge in [-0.05, 0) is 30.7 Å². The van der Waals surface area contributed by atoms with Gasteiger partial charge in [-0.15, -0.1) is 0 Å². The number of hydrogen-bond acceptors (Lipinski definition) is 8. The number of Topliss-reactive ketones (excluding diaryl/α,β-unsaturated/α-hetero) is 3. The molecule has 12 heteroatoms. The summed E-state index contributed by atoms with van der Waals surface area (Å²) < 4.78 is 0. The second kappa shape index (κ2) is 20.3. The van der Waals surface area contributed by atoms with Crippen molar-refractivity contribution in [3.8, 4) is 0 Å². The highest BCUT2D eigenvalue weighted by Gasteiger charge is 2.32. The Hall–Kier alpha value is -3.64. The zero-order valence-corrected chi connectivity index (χ0v) is 26.8. The Bertz CT molecular complexity index is 1100. The van der Waals surface area contributed by atoms with Gasteiger partial charge in [-0.25, -0.2) is 0 Å². The Labute approximate surface area is 261 Å². The van der Waals surface area contributed by atoms with Gasteiger partial charge in [0.1, 0.15) is 5.78 Å². The summed E-state index contributed by atoms with van der Waals surface area (Å²) in [6, 6.07) is 7.59. The minimum Gasteiger partial charge on any atom is -0.396 e. The lowest BCUT2D eigenvalue weighted by Crippen LogP contribution is -2.50. The van der Waals surface area contributed by atoms with Gasteiger partial charge >= 0.3 is 0 Å². The average molecular weight is 617 g/mol. The summed E-state index contributed by atoms with van der Waals surface area (Å²) >= 11 is 0. The summed E-state index contributed by atoms with van der Waals surface area (Å²) in [4.78, 5) is 69.1. The summed E-state index contributed by atoms with van der Waals surface area (Å²) in [5.41, 5.74) is 11.6. The van der Waals surface area contributed by atoms with Crippen LogP contribution < -0.4 is 27.4 Å². The maximum Gasteiger partial charge on any atom is 0.226 e. The van der Waals surface area contributed by atoms with E-state index < -0.39 is 48.1 Å². The predicted octanol–water partition coefficient (Wildman–Crippen LogP) is 1.03. The minimum atomic E-state index is -1.11. The fourth-order valence-electron chi connectivity index (χ4n) is 4.67. The molecule has 0 saturated heterocycles. The SMILES string of the molecule is CCC(=O)[C@H](Cc1ccccc1)NC(=O)[C@H](CO)CC(=O)[C@@H](NC(=O)[C@H](CCCN=C(N)N)CC(=O)CNC(C)C)C(C)C. The van der Waals surface area contributed by atoms with Crippen molar-refractivity contribution in [3.63, 3.8) is 0 Å². The highest BCUT2D eigenvalue weighted by Crippen LogP contribution is 2.17. The van der Waals surface area contributed by atoms with E-state index >= 15 is 0 Å². The van der Waals surface area contributed by atoms with E-state index in [1.165, 1.54) is 0 Å². The van der Waals surface area contributed by atoms with E-state index in [1.54, 1.807) is 20.8 Å². The maximum absolute atomic E-state index is 13.4. The number of amides is 2. The summed E-state index contributed by atoms with van der Waals surface area (Å²) in [5, 5.41) is 18.6. The standard InChI is InChI=1S/C32H52N6O6/c1-6-27(41)26(15-22-11-8-7-9-12-22)37-31(44)24(19-39)17-28(42)29(20(2)3)38-30(43)23(13-10-14-35-32(33)34)16-25(40)18-36-21(4)5/h7-9,11-12,20-21,23-24,26,29,36,39H,6,10,13-19H2,1-5H3,(H,37,44)(H,38,43)(H4,33,34,35)/t23-,24+,26+,29+/m1/s1. The van der Waals surface area contributed by atoms with Crippen molar-refractivity contribution in [2.75, 3.05) is 19.7 Å². The smallest absolute Gasteiger partial charge is 0.226 e. The van der Waals surface area contributed by atoms with Crippen molar-refractivity contribution in [1.29, 1.82) is 0 Å². The third kappa shape index (κ3) is 14.7. The molecule has 0 aliphatic rings. The Balaban J connectivity index is 2.99. The first-order valence-corrected chi connectivity index (χ1v) is 15.4. The van der Waals surface area contributed by atoms with E-state index in [2.05, 4.69) is 20.9 Å². The molecule has 2 amide bonds. The monoisotopic (exact) mass is 616 g/mol. The highest BCUT2D eigenvalue weighted by atomic mass is 16.3. The molecule has 1 aromatic carbocycles. The lowest BCUT2D eigenvalue weighted by molar-refractivity contribution is -0.136. The number of benzene rings is 1.